The zero-order valence-corrected chi connectivity index (χ0v) is 27.4. The second kappa shape index (κ2) is 16.4. The molecule has 7 nitrogen and oxygen atoms in total. The van der Waals surface area contributed by atoms with Gasteiger partial charge in [0.2, 0.25) is 5.91 Å². The predicted molar refractivity (Wildman–Crippen MR) is 190 cm³/mol. The first kappa shape index (κ1) is 34.0. The maximum atomic E-state index is 14.7. The van der Waals surface area contributed by atoms with E-state index >= 15 is 0 Å². The molecule has 1 unspecified atom stereocenters. The molecule has 48 heavy (non-hydrogen) atoms. The number of nitrogens with one attached hydrogen (secondary N) is 3. The van der Waals surface area contributed by atoms with Gasteiger partial charge < -0.3 is 20.7 Å². The number of hydrogen-bond donors (Lipinski definition) is 3. The van der Waals surface area contributed by atoms with Crippen molar-refractivity contribution in [3.63, 3.8) is 0 Å². The van der Waals surface area contributed by atoms with Gasteiger partial charge in [0.15, 0.2) is 0 Å². The summed E-state index contributed by atoms with van der Waals surface area (Å²) in [4.78, 5) is 41.1. The summed E-state index contributed by atoms with van der Waals surface area (Å²) in [6.45, 7) is 2.32. The van der Waals surface area contributed by atoms with Crippen molar-refractivity contribution in [1.82, 2.24) is 5.32 Å². The molecule has 0 bridgehead atoms. The Morgan fingerprint density at radius 1 is 0.833 bits per heavy atom. The minimum atomic E-state index is -0.703. The van der Waals surface area contributed by atoms with Gasteiger partial charge in [-0.25, -0.2) is 4.39 Å². The first-order valence-corrected chi connectivity index (χ1v) is 16.3. The molecule has 0 saturated heterocycles. The molecule has 0 spiro atoms. The Bertz CT molecular complexity index is 1920. The van der Waals surface area contributed by atoms with Gasteiger partial charge in [-0.3, -0.25) is 14.4 Å². The number of rotatable bonds is 12. The largest absolute Gasteiger partial charge is 0.492 e. The standard InChI is InChI=1S/C38H31ClFN3O4S/c1-2-47-34-22-10-9-21-32(34)42-38(46)35(25-13-5-3-6-14-25)48-28-18-11-17-27(23-28)41-37(45)33(24-29-30(39)19-12-20-31(29)40)43-36(44)26-15-7-4-8-16-26/h3-24,35H,2H2,1H3,(H,41,45)(H,42,46)(H,43,44)/b33-24+. The Hall–Kier alpha value is -5.38. The Kier molecular flexibility index (Phi) is 11.6. The van der Waals surface area contributed by atoms with Gasteiger partial charge in [0.1, 0.15) is 22.5 Å². The number of thioether (sulfide) groups is 1. The van der Waals surface area contributed by atoms with Crippen molar-refractivity contribution >= 4 is 58.5 Å². The van der Waals surface area contributed by atoms with Crippen molar-refractivity contribution < 1.29 is 23.5 Å². The fourth-order valence-corrected chi connectivity index (χ4v) is 5.97. The van der Waals surface area contributed by atoms with Crippen LogP contribution in [0.2, 0.25) is 5.02 Å². The van der Waals surface area contributed by atoms with E-state index in [-0.39, 0.29) is 22.2 Å². The summed E-state index contributed by atoms with van der Waals surface area (Å²) in [5, 5.41) is 7.79. The molecule has 0 aliphatic heterocycles. The highest BCUT2D eigenvalue weighted by molar-refractivity contribution is 8.00. The van der Waals surface area contributed by atoms with Crippen LogP contribution in [-0.4, -0.2) is 24.3 Å². The zero-order chi connectivity index (χ0) is 33.9. The van der Waals surface area contributed by atoms with Crippen LogP contribution in [-0.2, 0) is 9.59 Å². The molecule has 5 aromatic rings. The molecule has 5 rings (SSSR count). The lowest BCUT2D eigenvalue weighted by Crippen LogP contribution is -2.30. The van der Waals surface area contributed by atoms with Crippen LogP contribution in [0, 0.1) is 5.82 Å². The van der Waals surface area contributed by atoms with Crippen LogP contribution in [0.4, 0.5) is 15.8 Å². The summed E-state index contributed by atoms with van der Waals surface area (Å²) in [6, 6.07) is 36.0. The van der Waals surface area contributed by atoms with E-state index in [2.05, 4.69) is 16.0 Å². The van der Waals surface area contributed by atoms with E-state index in [1.807, 2.05) is 55.5 Å². The molecule has 0 fully saturated rings. The Labute approximate surface area is 287 Å². The van der Waals surface area contributed by atoms with Crippen molar-refractivity contribution in [3.8, 4) is 5.75 Å². The van der Waals surface area contributed by atoms with Gasteiger partial charge in [-0.05, 0) is 73.2 Å². The third-order valence-electron chi connectivity index (χ3n) is 6.95. The van der Waals surface area contributed by atoms with Crippen molar-refractivity contribution in [2.75, 3.05) is 17.2 Å². The van der Waals surface area contributed by atoms with Crippen LogP contribution in [0.3, 0.4) is 0 Å². The minimum absolute atomic E-state index is 0.0513. The van der Waals surface area contributed by atoms with Crippen LogP contribution in [0.15, 0.2) is 138 Å². The molecule has 3 amide bonds. The number of carbonyl (C=O) groups excluding carboxylic acids is 3. The van der Waals surface area contributed by atoms with Crippen molar-refractivity contribution in [3.05, 3.63) is 161 Å². The number of benzene rings is 5. The number of ether oxygens (including phenoxy) is 1. The molecular formula is C38H31ClFN3O4S. The van der Waals surface area contributed by atoms with Crippen LogP contribution in [0.5, 0.6) is 5.75 Å². The lowest BCUT2D eigenvalue weighted by atomic mass is 10.1. The SMILES string of the molecule is CCOc1ccccc1NC(=O)C(Sc1cccc(NC(=O)/C(=C\c2c(F)cccc2Cl)NC(=O)c2ccccc2)c1)c1ccccc1. The average molecular weight is 680 g/mol. The molecule has 0 saturated carbocycles. The number of carbonyl (C=O) groups is 3. The Morgan fingerprint density at radius 2 is 1.52 bits per heavy atom. The number of halogens is 2. The molecule has 0 aliphatic carbocycles. The van der Waals surface area contributed by atoms with Gasteiger partial charge in [0.05, 0.1) is 17.3 Å². The van der Waals surface area contributed by atoms with Crippen molar-refractivity contribution in [1.29, 1.82) is 0 Å². The fourth-order valence-electron chi connectivity index (χ4n) is 4.67. The quantitative estimate of drug-likeness (QED) is 0.0905. The molecule has 3 N–H and O–H groups in total. The maximum absolute atomic E-state index is 14.7. The summed E-state index contributed by atoms with van der Waals surface area (Å²) in [5.74, 6) is -1.62. The zero-order valence-electron chi connectivity index (χ0n) is 25.8. The van der Waals surface area contributed by atoms with Crippen molar-refractivity contribution in [2.24, 2.45) is 0 Å². The van der Waals surface area contributed by atoms with Gasteiger partial charge in [-0.2, -0.15) is 0 Å². The Balaban J connectivity index is 1.40. The molecule has 242 valence electrons. The lowest BCUT2D eigenvalue weighted by molar-refractivity contribution is -0.116. The normalized spacial score (nSPS) is 11.7. The second-order valence-electron chi connectivity index (χ2n) is 10.3. The van der Waals surface area contributed by atoms with E-state index in [4.69, 9.17) is 16.3 Å². The molecule has 0 radical (unpaired) electrons. The third kappa shape index (κ3) is 8.90. The first-order valence-electron chi connectivity index (χ1n) is 15.0. The molecule has 1 atom stereocenters. The van der Waals surface area contributed by atoms with Gasteiger partial charge in [0, 0.05) is 21.7 Å². The maximum Gasteiger partial charge on any atom is 0.272 e. The highest BCUT2D eigenvalue weighted by Crippen LogP contribution is 2.38. The summed E-state index contributed by atoms with van der Waals surface area (Å²) >= 11 is 7.54. The van der Waals surface area contributed by atoms with E-state index in [1.165, 1.54) is 36.0 Å². The lowest BCUT2D eigenvalue weighted by Gasteiger charge is -2.19. The number of anilines is 2. The van der Waals surface area contributed by atoms with Crippen LogP contribution < -0.4 is 20.7 Å². The van der Waals surface area contributed by atoms with E-state index in [9.17, 15) is 18.8 Å². The summed E-state index contributed by atoms with van der Waals surface area (Å²) in [5.41, 5.74) is 1.76. The molecule has 0 aliphatic rings. The van der Waals surface area contributed by atoms with E-state index < -0.39 is 22.9 Å². The van der Waals surface area contributed by atoms with Gasteiger partial charge in [0.25, 0.3) is 11.8 Å². The summed E-state index contributed by atoms with van der Waals surface area (Å²) in [7, 11) is 0. The number of para-hydroxylation sites is 2. The predicted octanol–water partition coefficient (Wildman–Crippen LogP) is 8.76. The highest BCUT2D eigenvalue weighted by atomic mass is 35.5. The molecule has 10 heteroatoms. The van der Waals surface area contributed by atoms with Crippen molar-refractivity contribution in [2.45, 2.75) is 17.1 Å². The smallest absolute Gasteiger partial charge is 0.272 e. The summed E-state index contributed by atoms with van der Waals surface area (Å²) in [6.07, 6.45) is 1.20. The van der Waals surface area contributed by atoms with Gasteiger partial charge in [-0.1, -0.05) is 84.4 Å². The van der Waals surface area contributed by atoms with E-state index in [0.29, 0.717) is 34.2 Å². The second-order valence-corrected chi connectivity index (χ2v) is 11.9. The van der Waals surface area contributed by atoms with Crippen LogP contribution in [0.25, 0.3) is 6.08 Å². The summed E-state index contributed by atoms with van der Waals surface area (Å²) < 4.78 is 20.4. The molecular weight excluding hydrogens is 649 g/mol. The topological polar surface area (TPSA) is 96.5 Å². The average Bonchev–Trinajstić information content (AvgIpc) is 3.10. The fraction of sp³-hybridized carbons (Fsp3) is 0.0789. The molecule has 0 heterocycles. The molecule has 0 aromatic heterocycles. The molecule has 5 aromatic carbocycles. The Morgan fingerprint density at radius 3 is 2.25 bits per heavy atom. The number of amides is 3. The number of hydrogen-bond acceptors (Lipinski definition) is 5. The van der Waals surface area contributed by atoms with E-state index in [1.54, 1.807) is 60.7 Å². The first-order chi connectivity index (χ1) is 23.3. The van der Waals surface area contributed by atoms with Gasteiger partial charge >= 0.3 is 0 Å². The van der Waals surface area contributed by atoms with Crippen LogP contribution in [0.1, 0.15) is 33.7 Å². The van der Waals surface area contributed by atoms with Gasteiger partial charge in [-0.15, -0.1) is 11.8 Å². The highest BCUT2D eigenvalue weighted by Gasteiger charge is 2.24. The van der Waals surface area contributed by atoms with E-state index in [0.717, 1.165) is 5.56 Å². The third-order valence-corrected chi connectivity index (χ3v) is 8.53. The monoisotopic (exact) mass is 679 g/mol. The van der Waals surface area contributed by atoms with Crippen LogP contribution >= 0.6 is 23.4 Å². The minimum Gasteiger partial charge on any atom is -0.492 e.